The Balaban J connectivity index is 0.00000144. The first kappa shape index (κ1) is 12.7. The molecule has 2 atom stereocenters. The van der Waals surface area contributed by atoms with Gasteiger partial charge in [-0.25, -0.2) is 0 Å². The van der Waals surface area contributed by atoms with Crippen LogP contribution in [-0.2, 0) is 32.0 Å². The van der Waals surface area contributed by atoms with Crippen molar-refractivity contribution >= 4 is 11.9 Å². The van der Waals surface area contributed by atoms with Gasteiger partial charge < -0.3 is 19.8 Å². The molecule has 0 amide bonds. The van der Waals surface area contributed by atoms with Crippen molar-refractivity contribution in [2.75, 3.05) is 0 Å². The molecule has 1 rings (SSSR count). The number of rotatable bonds is 2. The van der Waals surface area contributed by atoms with E-state index in [2.05, 4.69) is 0 Å². The summed E-state index contributed by atoms with van der Waals surface area (Å²) in [6.45, 7) is 0. The third-order valence-corrected chi connectivity index (χ3v) is 2.34. The number of carbonyl (C=O) groups excluding carboxylic acids is 2. The van der Waals surface area contributed by atoms with Crippen LogP contribution in [0.5, 0.6) is 0 Å². The van der Waals surface area contributed by atoms with Gasteiger partial charge in [0.15, 0.2) is 0 Å². The molecule has 0 spiro atoms. The summed E-state index contributed by atoms with van der Waals surface area (Å²) in [4.78, 5) is 20.8. The van der Waals surface area contributed by atoms with Gasteiger partial charge in [-0.15, -0.1) is 0 Å². The van der Waals surface area contributed by atoms with Gasteiger partial charge in [-0.05, 0) is 31.1 Å². The third kappa shape index (κ3) is 3.50. The Hall–Kier alpha value is -0.320. The summed E-state index contributed by atoms with van der Waals surface area (Å²) < 4.78 is 0. The Morgan fingerprint density at radius 1 is 1.00 bits per heavy atom. The van der Waals surface area contributed by atoms with Gasteiger partial charge in [-0.1, -0.05) is 6.42 Å². The number of carboxylic acid groups (broad SMARTS) is 2. The van der Waals surface area contributed by atoms with Crippen LogP contribution in [0.4, 0.5) is 0 Å². The Morgan fingerprint density at radius 3 is 1.69 bits per heavy atom. The van der Waals surface area contributed by atoms with E-state index in [-0.39, 0.29) is 28.8 Å². The number of hydrogen-bond acceptors (Lipinski definition) is 4. The van der Waals surface area contributed by atoms with Gasteiger partial charge in [-0.2, -0.15) is 0 Å². The van der Waals surface area contributed by atoms with Crippen molar-refractivity contribution in [3.05, 3.63) is 0 Å². The average molecular weight is 278 g/mol. The Bertz CT molecular complexity index is 184. The van der Waals surface area contributed by atoms with Crippen molar-refractivity contribution in [2.24, 2.45) is 11.8 Å². The third-order valence-electron chi connectivity index (χ3n) is 2.34. The molecule has 0 unspecified atom stereocenters. The van der Waals surface area contributed by atoms with E-state index < -0.39 is 23.8 Å². The molecule has 1 aliphatic rings. The summed E-state index contributed by atoms with van der Waals surface area (Å²) in [5.74, 6) is -3.47. The summed E-state index contributed by atoms with van der Waals surface area (Å²) in [6.07, 6.45) is 1.88. The van der Waals surface area contributed by atoms with Crippen molar-refractivity contribution < 1.29 is 42.2 Å². The summed E-state index contributed by atoms with van der Waals surface area (Å²) in [5.41, 5.74) is 0. The fraction of sp³-hybridized carbons (Fsp3) is 0.750. The zero-order chi connectivity index (χ0) is 9.14. The predicted molar refractivity (Wildman–Crippen MR) is 35.5 cm³/mol. The maximum atomic E-state index is 10.4. The molecule has 5 heteroatoms. The van der Waals surface area contributed by atoms with Crippen LogP contribution in [0.25, 0.3) is 0 Å². The maximum Gasteiger partial charge on any atom is 0.0445 e. The second-order valence-corrected chi connectivity index (χ2v) is 3.20. The van der Waals surface area contributed by atoms with E-state index in [9.17, 15) is 19.8 Å². The molecule has 0 saturated heterocycles. The summed E-state index contributed by atoms with van der Waals surface area (Å²) >= 11 is 0. The molecule has 1 saturated carbocycles. The van der Waals surface area contributed by atoms with Crippen molar-refractivity contribution in [3.8, 4) is 0 Å². The van der Waals surface area contributed by atoms with Crippen LogP contribution in [0, 0.1) is 11.8 Å². The van der Waals surface area contributed by atoms with Crippen LogP contribution in [0.3, 0.4) is 0 Å². The fourth-order valence-electron chi connectivity index (χ4n) is 1.62. The average Bonchev–Trinajstić information content (AvgIpc) is 2.04. The number of hydrogen-bond donors (Lipinski definition) is 0. The van der Waals surface area contributed by atoms with E-state index in [0.717, 1.165) is 0 Å². The molecular formula is C8H10AgO4-2. The van der Waals surface area contributed by atoms with Gasteiger partial charge in [0.2, 0.25) is 0 Å². The first-order valence-corrected chi connectivity index (χ1v) is 4.03. The summed E-state index contributed by atoms with van der Waals surface area (Å²) in [7, 11) is 0. The van der Waals surface area contributed by atoms with Crippen LogP contribution < -0.4 is 10.2 Å². The zero-order valence-electron chi connectivity index (χ0n) is 6.92. The molecule has 1 aliphatic carbocycles. The second kappa shape index (κ2) is 5.42. The molecule has 79 valence electrons. The van der Waals surface area contributed by atoms with Crippen LogP contribution in [0.15, 0.2) is 0 Å². The van der Waals surface area contributed by atoms with E-state index in [1.165, 1.54) is 0 Å². The molecule has 1 fully saturated rings. The Labute approximate surface area is 91.8 Å². The summed E-state index contributed by atoms with van der Waals surface area (Å²) in [6, 6.07) is 0. The van der Waals surface area contributed by atoms with Gasteiger partial charge in [0, 0.05) is 34.3 Å². The topological polar surface area (TPSA) is 80.3 Å². The Kier molecular flexibility index (Phi) is 5.29. The van der Waals surface area contributed by atoms with Crippen molar-refractivity contribution in [2.45, 2.75) is 25.7 Å². The van der Waals surface area contributed by atoms with E-state index >= 15 is 0 Å². The first-order chi connectivity index (χ1) is 5.61. The van der Waals surface area contributed by atoms with Gasteiger partial charge in [0.05, 0.1) is 0 Å². The van der Waals surface area contributed by atoms with Crippen LogP contribution in [0.2, 0.25) is 0 Å². The van der Waals surface area contributed by atoms with E-state index in [1.807, 2.05) is 0 Å². The minimum Gasteiger partial charge on any atom is -0.550 e. The van der Waals surface area contributed by atoms with Gasteiger partial charge in [0.1, 0.15) is 0 Å². The molecule has 0 aliphatic heterocycles. The minimum absolute atomic E-state index is 0. The SMILES string of the molecule is O=C([O-])[C@H]1CCC[C@H](C(=O)[O-])C1.[Ag]. The standard InChI is InChI=1S/C8H12O4.Ag/c9-7(10)5-2-1-3-6(4-5)8(11)12;/h5-6H,1-4H2,(H,9,10)(H,11,12);/p-2/t5-,6-;/m0./s1. The van der Waals surface area contributed by atoms with Crippen LogP contribution in [0.1, 0.15) is 25.7 Å². The van der Waals surface area contributed by atoms with Crippen LogP contribution in [-0.4, -0.2) is 11.9 Å². The van der Waals surface area contributed by atoms with Crippen molar-refractivity contribution in [1.29, 1.82) is 0 Å². The zero-order valence-corrected chi connectivity index (χ0v) is 8.40. The smallest absolute Gasteiger partial charge is 0.0445 e. The van der Waals surface area contributed by atoms with Gasteiger partial charge in [-0.3, -0.25) is 0 Å². The van der Waals surface area contributed by atoms with Crippen molar-refractivity contribution in [3.63, 3.8) is 0 Å². The van der Waals surface area contributed by atoms with Gasteiger partial charge in [0.25, 0.3) is 0 Å². The van der Waals surface area contributed by atoms with E-state index in [1.54, 1.807) is 0 Å². The van der Waals surface area contributed by atoms with Crippen molar-refractivity contribution in [1.82, 2.24) is 0 Å². The molecule has 0 aromatic heterocycles. The molecule has 0 heterocycles. The molecular weight excluding hydrogens is 268 g/mol. The maximum absolute atomic E-state index is 10.4. The molecule has 4 nitrogen and oxygen atoms in total. The number of carbonyl (C=O) groups is 2. The minimum atomic E-state index is -1.14. The quantitative estimate of drug-likeness (QED) is 0.563. The monoisotopic (exact) mass is 277 g/mol. The number of aliphatic carboxylic acids is 2. The van der Waals surface area contributed by atoms with Gasteiger partial charge >= 0.3 is 0 Å². The van der Waals surface area contributed by atoms with E-state index in [4.69, 9.17) is 0 Å². The molecule has 1 radical (unpaired) electrons. The molecule has 0 N–H and O–H groups in total. The number of carboxylic acids is 2. The summed E-state index contributed by atoms with van der Waals surface area (Å²) in [5, 5.41) is 20.8. The normalized spacial score (nSPS) is 27.4. The van der Waals surface area contributed by atoms with E-state index in [0.29, 0.717) is 19.3 Å². The molecule has 13 heavy (non-hydrogen) atoms. The molecule has 0 aromatic rings. The second-order valence-electron chi connectivity index (χ2n) is 3.20. The molecule has 0 bridgehead atoms. The Morgan fingerprint density at radius 2 is 1.38 bits per heavy atom. The largest absolute Gasteiger partial charge is 0.550 e. The molecule has 0 aromatic carbocycles. The predicted octanol–water partition coefficient (Wildman–Crippen LogP) is -1.71. The fourth-order valence-corrected chi connectivity index (χ4v) is 1.62. The van der Waals surface area contributed by atoms with Crippen LogP contribution >= 0.6 is 0 Å². The first-order valence-electron chi connectivity index (χ1n) is 4.03.